The van der Waals surface area contributed by atoms with E-state index in [1.54, 1.807) is 62.6 Å². The molecule has 0 bridgehead atoms. The maximum absolute atomic E-state index is 12.1. The fraction of sp³-hybridized carbons (Fsp3) is 0.318. The summed E-state index contributed by atoms with van der Waals surface area (Å²) in [7, 11) is 1.59. The summed E-state index contributed by atoms with van der Waals surface area (Å²) in [6, 6.07) is 13.6. The van der Waals surface area contributed by atoms with E-state index in [4.69, 9.17) is 14.2 Å². The molecule has 0 radical (unpaired) electrons. The van der Waals surface area contributed by atoms with Gasteiger partial charge in [0.2, 0.25) is 5.91 Å². The van der Waals surface area contributed by atoms with Crippen LogP contribution in [-0.4, -0.2) is 38.0 Å². The van der Waals surface area contributed by atoms with E-state index < -0.39 is 5.97 Å². The van der Waals surface area contributed by atoms with Crippen LogP contribution in [0, 0.1) is 0 Å². The van der Waals surface area contributed by atoms with Crippen molar-refractivity contribution in [2.75, 3.05) is 25.6 Å². The SMILES string of the molecule is CCC(=O)Nc1ccc(C(=O)COC(=O)CCCOc2ccc(OC)cc2)cc1. The molecule has 154 valence electrons. The highest BCUT2D eigenvalue weighted by molar-refractivity contribution is 5.98. The lowest BCUT2D eigenvalue weighted by Crippen LogP contribution is -2.15. The smallest absolute Gasteiger partial charge is 0.306 e. The lowest BCUT2D eigenvalue weighted by molar-refractivity contribution is -0.142. The number of hydrogen-bond donors (Lipinski definition) is 1. The summed E-state index contributed by atoms with van der Waals surface area (Å²) in [6.45, 7) is 1.80. The summed E-state index contributed by atoms with van der Waals surface area (Å²) < 4.78 is 15.6. The van der Waals surface area contributed by atoms with Crippen LogP contribution in [0.3, 0.4) is 0 Å². The van der Waals surface area contributed by atoms with Gasteiger partial charge in [0.05, 0.1) is 13.7 Å². The number of nitrogens with one attached hydrogen (secondary N) is 1. The van der Waals surface area contributed by atoms with Gasteiger partial charge in [-0.2, -0.15) is 0 Å². The van der Waals surface area contributed by atoms with Crippen LogP contribution in [0.1, 0.15) is 36.5 Å². The molecule has 0 aliphatic carbocycles. The third-order valence-electron chi connectivity index (χ3n) is 4.03. The Kier molecular flexibility index (Phi) is 8.69. The van der Waals surface area contributed by atoms with Crippen LogP contribution in [0.5, 0.6) is 11.5 Å². The number of carbonyl (C=O) groups is 3. The minimum Gasteiger partial charge on any atom is -0.497 e. The first-order valence-electron chi connectivity index (χ1n) is 9.37. The zero-order chi connectivity index (χ0) is 21.1. The first-order valence-corrected chi connectivity index (χ1v) is 9.37. The number of benzene rings is 2. The maximum atomic E-state index is 12.1. The Labute approximate surface area is 170 Å². The molecule has 2 aromatic rings. The summed E-state index contributed by atoms with van der Waals surface area (Å²) in [5.74, 6) is 0.567. The molecule has 0 saturated carbocycles. The fourth-order valence-electron chi connectivity index (χ4n) is 2.37. The third kappa shape index (κ3) is 7.65. The molecule has 0 saturated heterocycles. The number of hydrogen-bond acceptors (Lipinski definition) is 6. The number of rotatable bonds is 11. The second-order valence-electron chi connectivity index (χ2n) is 6.19. The van der Waals surface area contributed by atoms with Gasteiger partial charge in [0.25, 0.3) is 0 Å². The zero-order valence-corrected chi connectivity index (χ0v) is 16.6. The molecule has 0 aromatic heterocycles. The zero-order valence-electron chi connectivity index (χ0n) is 16.6. The van der Waals surface area contributed by atoms with Crippen LogP contribution < -0.4 is 14.8 Å². The molecule has 1 N–H and O–H groups in total. The van der Waals surface area contributed by atoms with Gasteiger partial charge in [0, 0.05) is 24.1 Å². The predicted octanol–water partition coefficient (Wildman–Crippen LogP) is 3.63. The van der Waals surface area contributed by atoms with Gasteiger partial charge in [-0.15, -0.1) is 0 Å². The van der Waals surface area contributed by atoms with Crippen LogP contribution in [0.4, 0.5) is 5.69 Å². The largest absolute Gasteiger partial charge is 0.497 e. The van der Waals surface area contributed by atoms with Crippen molar-refractivity contribution >= 4 is 23.3 Å². The van der Waals surface area contributed by atoms with Crippen LogP contribution in [0.15, 0.2) is 48.5 Å². The Morgan fingerprint density at radius 2 is 1.59 bits per heavy atom. The second-order valence-corrected chi connectivity index (χ2v) is 6.19. The molecule has 29 heavy (non-hydrogen) atoms. The molecule has 0 aliphatic heterocycles. The molecule has 2 rings (SSSR count). The van der Waals surface area contributed by atoms with E-state index in [-0.39, 0.29) is 24.7 Å². The molecule has 0 unspecified atom stereocenters. The summed E-state index contributed by atoms with van der Waals surface area (Å²) in [6.07, 6.45) is 1.01. The van der Waals surface area contributed by atoms with E-state index in [0.717, 1.165) is 5.75 Å². The second kappa shape index (κ2) is 11.5. The molecule has 0 fully saturated rings. The topological polar surface area (TPSA) is 90.9 Å². The lowest BCUT2D eigenvalue weighted by Gasteiger charge is -2.08. The van der Waals surface area contributed by atoms with Gasteiger partial charge in [0.15, 0.2) is 12.4 Å². The van der Waals surface area contributed by atoms with Crippen molar-refractivity contribution in [1.29, 1.82) is 0 Å². The van der Waals surface area contributed by atoms with Crippen molar-refractivity contribution in [3.63, 3.8) is 0 Å². The standard InChI is InChI=1S/C22H25NO6/c1-3-21(25)23-17-8-6-16(7-9-17)20(24)15-29-22(26)5-4-14-28-19-12-10-18(27-2)11-13-19/h6-13H,3-5,14-15H2,1-2H3,(H,23,25). The molecule has 7 heteroatoms. The van der Waals surface area contributed by atoms with E-state index in [1.165, 1.54) is 0 Å². The first-order chi connectivity index (χ1) is 14.0. The summed E-state index contributed by atoms with van der Waals surface area (Å²) in [5, 5.41) is 2.70. The average Bonchev–Trinajstić information content (AvgIpc) is 2.75. The van der Waals surface area contributed by atoms with E-state index in [0.29, 0.717) is 36.4 Å². The minimum atomic E-state index is -0.455. The van der Waals surface area contributed by atoms with E-state index in [9.17, 15) is 14.4 Å². The van der Waals surface area contributed by atoms with E-state index in [2.05, 4.69) is 5.32 Å². The van der Waals surface area contributed by atoms with Gasteiger partial charge in [-0.3, -0.25) is 14.4 Å². The lowest BCUT2D eigenvalue weighted by atomic mass is 10.1. The van der Waals surface area contributed by atoms with Crippen molar-refractivity contribution in [3.8, 4) is 11.5 Å². The van der Waals surface area contributed by atoms with E-state index in [1.807, 2.05) is 0 Å². The molecular weight excluding hydrogens is 374 g/mol. The fourth-order valence-corrected chi connectivity index (χ4v) is 2.37. The molecule has 0 heterocycles. The number of ketones is 1. The van der Waals surface area contributed by atoms with E-state index >= 15 is 0 Å². The highest BCUT2D eigenvalue weighted by atomic mass is 16.5. The first kappa shape index (κ1) is 21.9. The van der Waals surface area contributed by atoms with Crippen molar-refractivity contribution in [1.82, 2.24) is 0 Å². The number of amides is 1. The Hall–Kier alpha value is -3.35. The molecule has 0 spiro atoms. The minimum absolute atomic E-state index is 0.103. The molecule has 0 aliphatic rings. The number of methoxy groups -OCH3 is 1. The van der Waals surface area contributed by atoms with Crippen LogP contribution in [0.2, 0.25) is 0 Å². The summed E-state index contributed by atoms with van der Waals surface area (Å²) in [5.41, 5.74) is 1.03. The molecule has 7 nitrogen and oxygen atoms in total. The van der Waals surface area contributed by atoms with Crippen LogP contribution in [0.25, 0.3) is 0 Å². The number of esters is 1. The van der Waals surface area contributed by atoms with Gasteiger partial charge in [-0.25, -0.2) is 0 Å². The number of anilines is 1. The quantitative estimate of drug-likeness (QED) is 0.352. The van der Waals surface area contributed by atoms with Crippen LogP contribution in [-0.2, 0) is 14.3 Å². The predicted molar refractivity (Wildman–Crippen MR) is 108 cm³/mol. The Bertz CT molecular complexity index is 814. The van der Waals surface area contributed by atoms with Gasteiger partial charge in [-0.1, -0.05) is 6.92 Å². The Morgan fingerprint density at radius 1 is 0.931 bits per heavy atom. The number of Topliss-reactive ketones (excluding diaryl/α,β-unsaturated/α-hetero) is 1. The maximum Gasteiger partial charge on any atom is 0.306 e. The van der Waals surface area contributed by atoms with Crippen molar-refractivity contribution < 1.29 is 28.6 Å². The van der Waals surface area contributed by atoms with Crippen molar-refractivity contribution in [2.24, 2.45) is 0 Å². The monoisotopic (exact) mass is 399 g/mol. The number of ether oxygens (including phenoxy) is 3. The van der Waals surface area contributed by atoms with Gasteiger partial charge >= 0.3 is 5.97 Å². The van der Waals surface area contributed by atoms with Gasteiger partial charge in [-0.05, 0) is 55.0 Å². The van der Waals surface area contributed by atoms with Crippen LogP contribution >= 0.6 is 0 Å². The van der Waals surface area contributed by atoms with Gasteiger partial charge < -0.3 is 19.5 Å². The van der Waals surface area contributed by atoms with Crippen molar-refractivity contribution in [2.45, 2.75) is 26.2 Å². The average molecular weight is 399 g/mol. The molecule has 0 atom stereocenters. The number of carbonyl (C=O) groups excluding carboxylic acids is 3. The molecule has 2 aromatic carbocycles. The Morgan fingerprint density at radius 3 is 2.21 bits per heavy atom. The normalized spacial score (nSPS) is 10.1. The van der Waals surface area contributed by atoms with Crippen molar-refractivity contribution in [3.05, 3.63) is 54.1 Å². The summed E-state index contributed by atoms with van der Waals surface area (Å²) in [4.78, 5) is 35.2. The Balaban J connectivity index is 1.66. The highest BCUT2D eigenvalue weighted by Gasteiger charge is 2.10. The van der Waals surface area contributed by atoms with Gasteiger partial charge in [0.1, 0.15) is 11.5 Å². The summed E-state index contributed by atoms with van der Waals surface area (Å²) >= 11 is 0. The molecule has 1 amide bonds. The third-order valence-corrected chi connectivity index (χ3v) is 4.03. The molecular formula is C22H25NO6. The highest BCUT2D eigenvalue weighted by Crippen LogP contribution is 2.17.